The molecule has 0 unspecified atom stereocenters. The second kappa shape index (κ2) is 6.87. The summed E-state index contributed by atoms with van der Waals surface area (Å²) in [6.07, 6.45) is 1.79. The van der Waals surface area contributed by atoms with Crippen LogP contribution in [0.2, 0.25) is 0 Å². The minimum absolute atomic E-state index is 0.102. The molecular weight excluding hydrogens is 299 g/mol. The number of benzene rings is 1. The molecule has 0 N–H and O–H groups in total. The third-order valence-corrected chi connectivity index (χ3v) is 4.05. The number of carbonyl (C=O) groups is 1. The van der Waals surface area contributed by atoms with Gasteiger partial charge in [0, 0.05) is 38.7 Å². The van der Waals surface area contributed by atoms with Crippen LogP contribution in [0, 0.1) is 5.82 Å². The molecule has 23 heavy (non-hydrogen) atoms. The zero-order valence-corrected chi connectivity index (χ0v) is 13.0. The van der Waals surface area contributed by atoms with Crippen LogP contribution >= 0.6 is 0 Å². The number of ether oxygens (including phenoxy) is 1. The molecule has 0 atom stereocenters. The Labute approximate surface area is 133 Å². The Balaban J connectivity index is 1.73. The second-order valence-corrected chi connectivity index (χ2v) is 5.44. The number of carbonyl (C=O) groups excluding carboxylic acids is 1. The van der Waals surface area contributed by atoms with E-state index < -0.39 is 0 Å². The Bertz CT molecular complexity index is 702. The van der Waals surface area contributed by atoms with Crippen LogP contribution in [0.25, 0.3) is 10.9 Å². The first-order valence-corrected chi connectivity index (χ1v) is 7.61. The van der Waals surface area contributed by atoms with Crippen molar-refractivity contribution >= 4 is 22.6 Å². The van der Waals surface area contributed by atoms with Crippen molar-refractivity contribution in [3.63, 3.8) is 0 Å². The number of hydrogen-bond acceptors (Lipinski definition) is 5. The highest BCUT2D eigenvalue weighted by Crippen LogP contribution is 2.25. The van der Waals surface area contributed by atoms with E-state index in [0.717, 1.165) is 5.82 Å². The molecule has 6 nitrogen and oxygen atoms in total. The maximum absolute atomic E-state index is 13.8. The normalized spacial score (nSPS) is 15.2. The number of fused-ring (bicyclic) bond motifs is 1. The predicted octanol–water partition coefficient (Wildman–Crippen LogP) is 1.45. The molecule has 0 aliphatic carbocycles. The molecule has 122 valence electrons. The van der Waals surface area contributed by atoms with E-state index in [2.05, 4.69) is 14.9 Å². The van der Waals surface area contributed by atoms with Crippen molar-refractivity contribution in [3.8, 4) is 0 Å². The molecule has 1 aromatic carbocycles. The van der Waals surface area contributed by atoms with Crippen molar-refractivity contribution in [2.75, 3.05) is 44.8 Å². The molecular formula is C16H19FN4O2. The van der Waals surface area contributed by atoms with Crippen LogP contribution in [-0.4, -0.2) is 60.7 Å². The molecule has 1 aromatic heterocycles. The molecule has 0 spiro atoms. The number of aromatic nitrogens is 2. The van der Waals surface area contributed by atoms with Gasteiger partial charge in [0.25, 0.3) is 0 Å². The van der Waals surface area contributed by atoms with Crippen LogP contribution in [0.15, 0.2) is 24.5 Å². The van der Waals surface area contributed by atoms with Gasteiger partial charge >= 0.3 is 0 Å². The number of nitrogens with zero attached hydrogens (tertiary/aromatic N) is 4. The number of piperazine rings is 1. The van der Waals surface area contributed by atoms with E-state index in [1.165, 1.54) is 12.4 Å². The number of rotatable bonds is 4. The maximum Gasteiger partial charge on any atom is 0.225 e. The molecule has 2 aromatic rings. The minimum Gasteiger partial charge on any atom is -0.384 e. The lowest BCUT2D eigenvalue weighted by atomic mass is 10.2. The van der Waals surface area contributed by atoms with Crippen LogP contribution < -0.4 is 4.90 Å². The van der Waals surface area contributed by atoms with Gasteiger partial charge in [-0.3, -0.25) is 4.79 Å². The molecule has 1 saturated heterocycles. The number of halogens is 1. The predicted molar refractivity (Wildman–Crippen MR) is 84.8 cm³/mol. The molecule has 1 aliphatic heterocycles. The van der Waals surface area contributed by atoms with E-state index in [4.69, 9.17) is 4.74 Å². The van der Waals surface area contributed by atoms with E-state index in [1.54, 1.807) is 13.2 Å². The average Bonchev–Trinajstić information content (AvgIpc) is 2.60. The van der Waals surface area contributed by atoms with Gasteiger partial charge in [-0.2, -0.15) is 0 Å². The Kier molecular flexibility index (Phi) is 4.66. The Hall–Kier alpha value is -2.28. The van der Waals surface area contributed by atoms with Crippen molar-refractivity contribution in [2.45, 2.75) is 6.42 Å². The largest absolute Gasteiger partial charge is 0.384 e. The second-order valence-electron chi connectivity index (χ2n) is 5.44. The van der Waals surface area contributed by atoms with Gasteiger partial charge in [-0.1, -0.05) is 6.07 Å². The lowest BCUT2D eigenvalue weighted by Crippen LogP contribution is -2.49. The third-order valence-electron chi connectivity index (χ3n) is 4.05. The number of hydrogen-bond donors (Lipinski definition) is 0. The Morgan fingerprint density at radius 2 is 2.04 bits per heavy atom. The summed E-state index contributed by atoms with van der Waals surface area (Å²) in [5, 5.41) is 0.701. The van der Waals surface area contributed by atoms with Crippen molar-refractivity contribution < 1.29 is 13.9 Å². The fourth-order valence-corrected chi connectivity index (χ4v) is 2.80. The number of amides is 1. The lowest BCUT2D eigenvalue weighted by molar-refractivity contribution is -0.132. The monoisotopic (exact) mass is 318 g/mol. The van der Waals surface area contributed by atoms with Gasteiger partial charge in [0.05, 0.1) is 13.0 Å². The SMILES string of the molecule is COCCC(=O)N1CCN(c2ncnc3c(F)cccc23)CC1. The van der Waals surface area contributed by atoms with Crippen molar-refractivity contribution in [3.05, 3.63) is 30.3 Å². The molecule has 1 aliphatic rings. The van der Waals surface area contributed by atoms with Gasteiger partial charge in [0.2, 0.25) is 5.91 Å². The van der Waals surface area contributed by atoms with Crippen LogP contribution in [0.4, 0.5) is 10.2 Å². The molecule has 2 heterocycles. The molecule has 3 rings (SSSR count). The number of para-hydroxylation sites is 1. The van der Waals surface area contributed by atoms with Crippen LogP contribution in [0.1, 0.15) is 6.42 Å². The van der Waals surface area contributed by atoms with E-state index in [9.17, 15) is 9.18 Å². The van der Waals surface area contributed by atoms with Gasteiger partial charge in [-0.25, -0.2) is 14.4 Å². The van der Waals surface area contributed by atoms with Gasteiger partial charge in [-0.05, 0) is 12.1 Å². The summed E-state index contributed by atoms with van der Waals surface area (Å²) < 4.78 is 18.8. The molecule has 1 fully saturated rings. The van der Waals surface area contributed by atoms with Crippen molar-refractivity contribution in [2.24, 2.45) is 0 Å². The summed E-state index contributed by atoms with van der Waals surface area (Å²) in [4.78, 5) is 24.3. The quantitative estimate of drug-likeness (QED) is 0.854. The number of methoxy groups -OCH3 is 1. The zero-order valence-electron chi connectivity index (χ0n) is 13.0. The summed E-state index contributed by atoms with van der Waals surface area (Å²) in [7, 11) is 1.59. The first-order valence-electron chi connectivity index (χ1n) is 7.61. The van der Waals surface area contributed by atoms with Gasteiger partial charge < -0.3 is 14.5 Å². The topological polar surface area (TPSA) is 58.6 Å². The van der Waals surface area contributed by atoms with Crippen LogP contribution in [-0.2, 0) is 9.53 Å². The summed E-state index contributed by atoms with van der Waals surface area (Å²) in [5.74, 6) is 0.475. The highest BCUT2D eigenvalue weighted by Gasteiger charge is 2.23. The maximum atomic E-state index is 13.8. The van der Waals surface area contributed by atoms with E-state index >= 15 is 0 Å². The molecule has 7 heteroatoms. The number of anilines is 1. The lowest BCUT2D eigenvalue weighted by Gasteiger charge is -2.35. The Morgan fingerprint density at radius 1 is 1.26 bits per heavy atom. The summed E-state index contributed by atoms with van der Waals surface area (Å²) in [5.41, 5.74) is 0.330. The zero-order chi connectivity index (χ0) is 16.2. The summed E-state index contributed by atoms with van der Waals surface area (Å²) >= 11 is 0. The molecule has 0 radical (unpaired) electrons. The third kappa shape index (κ3) is 3.24. The van der Waals surface area contributed by atoms with Crippen LogP contribution in [0.3, 0.4) is 0 Å². The van der Waals surface area contributed by atoms with Gasteiger partial charge in [0.1, 0.15) is 23.5 Å². The fourth-order valence-electron chi connectivity index (χ4n) is 2.80. The first-order chi connectivity index (χ1) is 11.2. The molecule has 1 amide bonds. The Morgan fingerprint density at radius 3 is 2.78 bits per heavy atom. The standard InChI is InChI=1S/C16H19FN4O2/c1-23-10-5-14(22)20-6-8-21(9-7-20)16-12-3-2-4-13(17)15(12)18-11-19-16/h2-4,11H,5-10H2,1H3. The summed E-state index contributed by atoms with van der Waals surface area (Å²) in [6, 6.07) is 4.88. The van der Waals surface area contributed by atoms with E-state index in [0.29, 0.717) is 50.1 Å². The van der Waals surface area contributed by atoms with Crippen molar-refractivity contribution in [1.29, 1.82) is 0 Å². The average molecular weight is 318 g/mol. The van der Waals surface area contributed by atoms with E-state index in [1.807, 2.05) is 11.0 Å². The highest BCUT2D eigenvalue weighted by molar-refractivity contribution is 5.89. The van der Waals surface area contributed by atoms with Gasteiger partial charge in [-0.15, -0.1) is 0 Å². The van der Waals surface area contributed by atoms with Crippen molar-refractivity contribution in [1.82, 2.24) is 14.9 Å². The van der Waals surface area contributed by atoms with Crippen LogP contribution in [0.5, 0.6) is 0 Å². The fraction of sp³-hybridized carbons (Fsp3) is 0.438. The highest BCUT2D eigenvalue weighted by atomic mass is 19.1. The van der Waals surface area contributed by atoms with E-state index in [-0.39, 0.29) is 11.7 Å². The molecule has 0 bridgehead atoms. The molecule has 0 saturated carbocycles. The van der Waals surface area contributed by atoms with Gasteiger partial charge in [0.15, 0.2) is 0 Å². The first kappa shape index (κ1) is 15.6. The summed E-state index contributed by atoms with van der Waals surface area (Å²) in [6.45, 7) is 3.03. The smallest absolute Gasteiger partial charge is 0.225 e. The minimum atomic E-state index is -0.348.